The van der Waals surface area contributed by atoms with Gasteiger partial charge in [0.05, 0.1) is 11.6 Å². The number of carbonyl (C=O) groups excluding carboxylic acids is 1. The molecule has 0 aliphatic heterocycles. The molecule has 1 unspecified atom stereocenters. The maximum atomic E-state index is 13.0. The maximum Gasteiger partial charge on any atom is 0.408 e. The van der Waals surface area contributed by atoms with Gasteiger partial charge in [-0.2, -0.15) is 18.3 Å². The van der Waals surface area contributed by atoms with E-state index in [1.807, 2.05) is 0 Å². The van der Waals surface area contributed by atoms with Gasteiger partial charge in [-0.1, -0.05) is 30.3 Å². The molecule has 0 fully saturated rings. The van der Waals surface area contributed by atoms with E-state index >= 15 is 0 Å². The first-order valence-electron chi connectivity index (χ1n) is 8.64. The normalized spacial score (nSPS) is 12.6. The molecule has 1 atom stereocenters. The number of nitrogens with zero attached hydrogens (tertiary/aromatic N) is 3. The molecule has 152 valence electrons. The van der Waals surface area contributed by atoms with Crippen molar-refractivity contribution in [3.8, 4) is 0 Å². The molecule has 1 aromatic heterocycles. The molecule has 1 aromatic carbocycles. The zero-order valence-corrected chi connectivity index (χ0v) is 15.8. The van der Waals surface area contributed by atoms with Crippen molar-refractivity contribution in [2.45, 2.75) is 46.0 Å². The van der Waals surface area contributed by atoms with Crippen LogP contribution in [-0.4, -0.2) is 44.4 Å². The number of hydrogen-bond acceptors (Lipinski definition) is 3. The van der Waals surface area contributed by atoms with Crippen LogP contribution in [0.4, 0.5) is 13.2 Å². The predicted molar refractivity (Wildman–Crippen MR) is 95.7 cm³/mol. The van der Waals surface area contributed by atoms with Crippen LogP contribution in [0, 0.1) is 13.8 Å². The molecule has 0 aliphatic carbocycles. The van der Waals surface area contributed by atoms with Crippen LogP contribution in [-0.2, 0) is 22.7 Å². The largest absolute Gasteiger partial charge is 0.480 e. The summed E-state index contributed by atoms with van der Waals surface area (Å²) in [4.78, 5) is 25.4. The Labute approximate surface area is 160 Å². The predicted octanol–water partition coefficient (Wildman–Crippen LogP) is 3.28. The van der Waals surface area contributed by atoms with E-state index in [0.717, 1.165) is 10.2 Å². The molecule has 9 heteroatoms. The van der Waals surface area contributed by atoms with E-state index in [-0.39, 0.29) is 12.2 Å². The third-order valence-electron chi connectivity index (χ3n) is 4.42. The van der Waals surface area contributed by atoms with Crippen LogP contribution in [0.15, 0.2) is 30.3 Å². The second-order valence-corrected chi connectivity index (χ2v) is 6.65. The lowest BCUT2D eigenvalue weighted by Gasteiger charge is -2.25. The number of carboxylic acids is 1. The molecule has 28 heavy (non-hydrogen) atoms. The molecule has 0 saturated heterocycles. The number of aromatic nitrogens is 2. The average Bonchev–Trinajstić information content (AvgIpc) is 2.85. The number of carboxylic acid groups (broad SMARTS) is 1. The fourth-order valence-electron chi connectivity index (χ4n) is 3.24. The first kappa shape index (κ1) is 21.5. The number of carbonyl (C=O) groups is 2. The number of benzene rings is 1. The van der Waals surface area contributed by atoms with Gasteiger partial charge in [-0.3, -0.25) is 14.3 Å². The van der Waals surface area contributed by atoms with Crippen LogP contribution < -0.4 is 0 Å². The van der Waals surface area contributed by atoms with Crippen LogP contribution in [0.3, 0.4) is 0 Å². The van der Waals surface area contributed by atoms with E-state index in [4.69, 9.17) is 5.11 Å². The molecule has 2 rings (SSSR count). The minimum absolute atomic E-state index is 0.0884. The van der Waals surface area contributed by atoms with E-state index in [1.54, 1.807) is 37.3 Å². The molecular formula is C19H22F3N3O3. The van der Waals surface area contributed by atoms with Gasteiger partial charge in [0.2, 0.25) is 5.91 Å². The summed E-state index contributed by atoms with van der Waals surface area (Å²) < 4.78 is 39.0. The average molecular weight is 397 g/mol. The highest BCUT2D eigenvalue weighted by Crippen LogP contribution is 2.28. The standard InChI is InChI=1S/C19H22F3N3O3/c1-12(17-13(2)23-25(14(17)3)11-19(20,21)22)18(28)24(10-16(26)27)9-15-7-5-4-6-8-15/h4-8,12H,9-11H2,1-3H3,(H,26,27). The maximum absolute atomic E-state index is 13.0. The lowest BCUT2D eigenvalue weighted by atomic mass is 9.97. The van der Waals surface area contributed by atoms with Crippen molar-refractivity contribution in [2.24, 2.45) is 0 Å². The number of amides is 1. The lowest BCUT2D eigenvalue weighted by molar-refractivity contribution is -0.145. The monoisotopic (exact) mass is 397 g/mol. The highest BCUT2D eigenvalue weighted by molar-refractivity contribution is 5.86. The highest BCUT2D eigenvalue weighted by Gasteiger charge is 2.33. The fourth-order valence-corrected chi connectivity index (χ4v) is 3.24. The summed E-state index contributed by atoms with van der Waals surface area (Å²) in [6.45, 7) is 2.90. The smallest absolute Gasteiger partial charge is 0.408 e. The Morgan fingerprint density at radius 1 is 1.21 bits per heavy atom. The van der Waals surface area contributed by atoms with Crippen molar-refractivity contribution in [3.63, 3.8) is 0 Å². The van der Waals surface area contributed by atoms with Gasteiger partial charge in [-0.15, -0.1) is 0 Å². The van der Waals surface area contributed by atoms with Gasteiger partial charge in [0.15, 0.2) is 0 Å². The van der Waals surface area contributed by atoms with Crippen molar-refractivity contribution in [3.05, 3.63) is 52.8 Å². The van der Waals surface area contributed by atoms with Gasteiger partial charge in [-0.05, 0) is 26.3 Å². The summed E-state index contributed by atoms with van der Waals surface area (Å²) >= 11 is 0. The van der Waals surface area contributed by atoms with Gasteiger partial charge in [0, 0.05) is 17.8 Å². The summed E-state index contributed by atoms with van der Waals surface area (Å²) in [5.41, 5.74) is 1.70. The minimum atomic E-state index is -4.43. The summed E-state index contributed by atoms with van der Waals surface area (Å²) in [7, 11) is 0. The van der Waals surface area contributed by atoms with Crippen LogP contribution in [0.2, 0.25) is 0 Å². The van der Waals surface area contributed by atoms with Gasteiger partial charge in [0.25, 0.3) is 0 Å². The summed E-state index contributed by atoms with van der Waals surface area (Å²) in [6.07, 6.45) is -4.43. The molecule has 0 saturated carbocycles. The number of rotatable bonds is 7. The van der Waals surface area contributed by atoms with Gasteiger partial charge < -0.3 is 10.0 Å². The first-order chi connectivity index (χ1) is 13.0. The van der Waals surface area contributed by atoms with Crippen molar-refractivity contribution in [1.82, 2.24) is 14.7 Å². The van der Waals surface area contributed by atoms with Crippen LogP contribution in [0.1, 0.15) is 35.4 Å². The van der Waals surface area contributed by atoms with Gasteiger partial charge in [0.1, 0.15) is 13.1 Å². The molecule has 0 spiro atoms. The Morgan fingerprint density at radius 3 is 2.36 bits per heavy atom. The molecule has 6 nitrogen and oxygen atoms in total. The number of alkyl halides is 3. The quantitative estimate of drug-likeness (QED) is 0.778. The zero-order chi connectivity index (χ0) is 21.1. The summed E-state index contributed by atoms with van der Waals surface area (Å²) in [5.74, 6) is -2.48. The first-order valence-corrected chi connectivity index (χ1v) is 8.64. The van der Waals surface area contributed by atoms with Gasteiger partial charge >= 0.3 is 12.1 Å². The molecule has 0 aliphatic rings. The summed E-state index contributed by atoms with van der Waals surface area (Å²) in [6, 6.07) is 8.89. The fraction of sp³-hybridized carbons (Fsp3) is 0.421. The van der Waals surface area contributed by atoms with Crippen LogP contribution in [0.5, 0.6) is 0 Å². The molecule has 1 amide bonds. The third kappa shape index (κ3) is 5.34. The number of hydrogen-bond donors (Lipinski definition) is 1. The molecular weight excluding hydrogens is 375 g/mol. The third-order valence-corrected chi connectivity index (χ3v) is 4.42. The second kappa shape index (κ2) is 8.45. The van der Waals surface area contributed by atoms with E-state index in [2.05, 4.69) is 5.10 Å². The SMILES string of the molecule is Cc1nn(CC(F)(F)F)c(C)c1C(C)C(=O)N(CC(=O)O)Cc1ccccc1. The summed E-state index contributed by atoms with van der Waals surface area (Å²) in [5, 5.41) is 13.1. The van der Waals surface area contributed by atoms with Gasteiger partial charge in [-0.25, -0.2) is 0 Å². The second-order valence-electron chi connectivity index (χ2n) is 6.65. The Morgan fingerprint density at radius 2 is 1.82 bits per heavy atom. The minimum Gasteiger partial charge on any atom is -0.480 e. The number of aryl methyl sites for hydroxylation is 1. The Hall–Kier alpha value is -2.84. The van der Waals surface area contributed by atoms with E-state index in [0.29, 0.717) is 11.3 Å². The Balaban J connectivity index is 2.30. The number of halogens is 3. The highest BCUT2D eigenvalue weighted by atomic mass is 19.4. The van der Waals surface area contributed by atoms with E-state index in [1.165, 1.54) is 18.7 Å². The van der Waals surface area contributed by atoms with E-state index < -0.39 is 37.1 Å². The molecule has 1 N–H and O–H groups in total. The van der Waals surface area contributed by atoms with Crippen molar-refractivity contribution < 1.29 is 27.9 Å². The molecule has 1 heterocycles. The van der Waals surface area contributed by atoms with Crippen molar-refractivity contribution in [2.75, 3.05) is 6.54 Å². The van der Waals surface area contributed by atoms with Crippen molar-refractivity contribution >= 4 is 11.9 Å². The van der Waals surface area contributed by atoms with E-state index in [9.17, 15) is 22.8 Å². The van der Waals surface area contributed by atoms with Crippen LogP contribution in [0.25, 0.3) is 0 Å². The Kier molecular flexibility index (Phi) is 6.48. The number of aliphatic carboxylic acids is 1. The van der Waals surface area contributed by atoms with Crippen molar-refractivity contribution in [1.29, 1.82) is 0 Å². The zero-order valence-electron chi connectivity index (χ0n) is 15.8. The Bertz CT molecular complexity index is 847. The topological polar surface area (TPSA) is 75.4 Å². The molecule has 2 aromatic rings. The molecule has 0 radical (unpaired) electrons. The molecule has 0 bridgehead atoms. The van der Waals surface area contributed by atoms with Crippen LogP contribution >= 0.6 is 0 Å². The lowest BCUT2D eigenvalue weighted by Crippen LogP contribution is -2.38.